The van der Waals surface area contributed by atoms with Crippen LogP contribution in [-0.2, 0) is 12.5 Å². The Kier molecular flexibility index (Phi) is 6.20. The van der Waals surface area contributed by atoms with Crippen LogP contribution >= 0.6 is 0 Å². The molecule has 0 unspecified atom stereocenters. The average molecular weight is 578 g/mol. The topological polar surface area (TPSA) is 8.81 Å². The third-order valence-corrected chi connectivity index (χ3v) is 11.4. The lowest BCUT2D eigenvalue weighted by Gasteiger charge is -2.24. The van der Waals surface area contributed by atoms with Gasteiger partial charge in [0.2, 0.25) is 11.2 Å². The molecule has 43 heavy (non-hydrogen) atoms. The first-order chi connectivity index (χ1) is 20.4. The number of aromatic nitrogens is 2. The highest BCUT2D eigenvalue weighted by Crippen LogP contribution is 2.40. The van der Waals surface area contributed by atoms with Crippen LogP contribution in [0.5, 0.6) is 0 Å². The maximum Gasteiger partial charge on any atom is 0.215 e. The third kappa shape index (κ3) is 4.32. The van der Waals surface area contributed by atoms with Crippen molar-refractivity contribution in [3.63, 3.8) is 0 Å². The van der Waals surface area contributed by atoms with E-state index in [0.717, 1.165) is 0 Å². The quantitative estimate of drug-likeness (QED) is 0.146. The van der Waals surface area contributed by atoms with Crippen molar-refractivity contribution in [2.75, 3.05) is 0 Å². The van der Waals surface area contributed by atoms with Crippen molar-refractivity contribution in [2.24, 2.45) is 7.05 Å². The molecule has 0 N–H and O–H groups in total. The summed E-state index contributed by atoms with van der Waals surface area (Å²) >= 11 is 0. The molecule has 7 aromatic rings. The van der Waals surface area contributed by atoms with E-state index in [1.54, 1.807) is 0 Å². The third-order valence-electron chi connectivity index (χ3n) is 9.35. The summed E-state index contributed by atoms with van der Waals surface area (Å²) in [6.07, 6.45) is 0. The Morgan fingerprint density at radius 3 is 1.77 bits per heavy atom. The highest BCUT2D eigenvalue weighted by Gasteiger charge is 2.28. The lowest BCUT2D eigenvalue weighted by Crippen LogP contribution is -2.39. The molecule has 0 saturated carbocycles. The number of hydrogen-bond donors (Lipinski definition) is 0. The predicted molar refractivity (Wildman–Crippen MR) is 189 cm³/mol. The van der Waals surface area contributed by atoms with Crippen molar-refractivity contribution in [3.05, 3.63) is 114 Å². The van der Waals surface area contributed by atoms with Gasteiger partial charge in [-0.3, -0.25) is 0 Å². The molecule has 0 aliphatic rings. The van der Waals surface area contributed by atoms with Gasteiger partial charge < -0.3 is 4.57 Å². The monoisotopic (exact) mass is 577 g/mol. The van der Waals surface area contributed by atoms with Gasteiger partial charge in [0.25, 0.3) is 0 Å². The van der Waals surface area contributed by atoms with Gasteiger partial charge in [-0.2, -0.15) is 4.57 Å². The zero-order valence-corrected chi connectivity index (χ0v) is 27.7. The number of pyridine rings is 1. The fraction of sp³-hybridized carbons (Fsp3) is 0.225. The molecule has 0 amide bonds. The van der Waals surface area contributed by atoms with Crippen molar-refractivity contribution in [1.29, 1.82) is 0 Å². The van der Waals surface area contributed by atoms with Crippen LogP contribution in [0.25, 0.3) is 60.4 Å². The normalized spacial score (nSPS) is 12.7. The standard InChI is InChI=1S/C40H41N2Si/c1-26-28-15-9-10-16-29(28)34(40(2,3)4)24-32(26)38-25-39(33-23-27(43(6,7)8)21-22-35(33)41(38)5)42-36-19-13-11-17-30(36)31-18-12-14-20-37(31)42/h9-25H,1-8H3/q+1. The van der Waals surface area contributed by atoms with Gasteiger partial charge in [0.1, 0.15) is 7.05 Å². The van der Waals surface area contributed by atoms with Crippen LogP contribution in [0.4, 0.5) is 0 Å². The molecule has 3 heteroatoms. The Morgan fingerprint density at radius 1 is 0.628 bits per heavy atom. The SMILES string of the molecule is Cc1c(-c2cc(-n3c4ccccc4c4ccccc43)c3cc([Si](C)(C)C)ccc3[n+]2C)cc(C(C)(C)C)c2ccccc12. The van der Waals surface area contributed by atoms with Gasteiger partial charge in [-0.15, -0.1) is 0 Å². The van der Waals surface area contributed by atoms with Crippen molar-refractivity contribution < 1.29 is 4.57 Å². The van der Waals surface area contributed by atoms with Gasteiger partial charge in [-0.25, -0.2) is 0 Å². The summed E-state index contributed by atoms with van der Waals surface area (Å²) < 4.78 is 4.93. The minimum Gasteiger partial charge on any atom is -0.308 e. The molecule has 0 bridgehead atoms. The number of para-hydroxylation sites is 2. The molecule has 0 fully saturated rings. The zero-order chi connectivity index (χ0) is 30.3. The Morgan fingerprint density at radius 2 is 1.19 bits per heavy atom. The highest BCUT2D eigenvalue weighted by molar-refractivity contribution is 6.88. The molecule has 7 rings (SSSR count). The Bertz CT molecular complexity index is 2170. The average Bonchev–Trinajstić information content (AvgIpc) is 3.31. The van der Waals surface area contributed by atoms with Gasteiger partial charge in [-0.05, 0) is 58.5 Å². The molecule has 2 aromatic heterocycles. The molecule has 0 aliphatic carbocycles. The first-order valence-corrected chi connectivity index (χ1v) is 18.9. The summed E-state index contributed by atoms with van der Waals surface area (Å²) in [4.78, 5) is 0. The summed E-state index contributed by atoms with van der Waals surface area (Å²) in [5.74, 6) is 0. The van der Waals surface area contributed by atoms with E-state index in [9.17, 15) is 0 Å². The summed E-state index contributed by atoms with van der Waals surface area (Å²) in [6.45, 7) is 16.6. The Labute approximate surface area is 256 Å². The second kappa shape index (κ2) is 9.65. The first-order valence-electron chi connectivity index (χ1n) is 15.4. The molecule has 214 valence electrons. The highest BCUT2D eigenvalue weighted by atomic mass is 28.3. The second-order valence-electron chi connectivity index (χ2n) is 14.2. The van der Waals surface area contributed by atoms with E-state index in [-0.39, 0.29) is 5.41 Å². The molecule has 5 aromatic carbocycles. The summed E-state index contributed by atoms with van der Waals surface area (Å²) in [5.41, 5.74) is 10.2. The fourth-order valence-corrected chi connectivity index (χ4v) is 8.13. The minimum absolute atomic E-state index is 0.0133. The molecule has 0 radical (unpaired) electrons. The number of aryl methyl sites for hydroxylation is 2. The van der Waals surface area contributed by atoms with Crippen LogP contribution in [-0.4, -0.2) is 12.6 Å². The maximum atomic E-state index is 2.51. The molecule has 0 saturated heterocycles. The van der Waals surface area contributed by atoms with E-state index in [2.05, 4.69) is 167 Å². The number of rotatable bonds is 3. The number of benzene rings is 5. The second-order valence-corrected chi connectivity index (χ2v) is 19.3. The van der Waals surface area contributed by atoms with Gasteiger partial charge in [0.15, 0.2) is 0 Å². The summed E-state index contributed by atoms with van der Waals surface area (Å²) in [6, 6.07) is 38.8. The van der Waals surface area contributed by atoms with E-state index in [1.807, 2.05) is 0 Å². The molecular weight excluding hydrogens is 537 g/mol. The van der Waals surface area contributed by atoms with Gasteiger partial charge in [0.05, 0.1) is 35.7 Å². The predicted octanol–water partition coefficient (Wildman–Crippen LogP) is 9.73. The van der Waals surface area contributed by atoms with E-state index in [1.165, 1.54) is 76.7 Å². The van der Waals surface area contributed by atoms with Crippen molar-refractivity contribution in [2.45, 2.75) is 52.8 Å². The number of hydrogen-bond acceptors (Lipinski definition) is 0. The Balaban J connectivity index is 1.66. The first kappa shape index (κ1) is 27.6. The molecule has 2 nitrogen and oxygen atoms in total. The molecule has 0 aliphatic heterocycles. The van der Waals surface area contributed by atoms with Crippen molar-refractivity contribution >= 4 is 56.7 Å². The summed E-state index contributed by atoms with van der Waals surface area (Å²) in [7, 11) is 0.696. The van der Waals surface area contributed by atoms with Crippen LogP contribution in [0.15, 0.2) is 103 Å². The van der Waals surface area contributed by atoms with Crippen LogP contribution in [0.1, 0.15) is 31.9 Å². The summed E-state index contributed by atoms with van der Waals surface area (Å²) in [5, 5.41) is 8.04. The van der Waals surface area contributed by atoms with Gasteiger partial charge >= 0.3 is 0 Å². The fourth-order valence-electron chi connectivity index (χ4n) is 6.97. The van der Waals surface area contributed by atoms with Crippen LogP contribution in [0, 0.1) is 6.92 Å². The molecule has 2 heterocycles. The lowest BCUT2D eigenvalue weighted by molar-refractivity contribution is -0.633. The van der Waals surface area contributed by atoms with Crippen LogP contribution in [0.3, 0.4) is 0 Å². The Hall–Kier alpha value is -4.21. The number of fused-ring (bicyclic) bond motifs is 5. The van der Waals surface area contributed by atoms with Crippen molar-refractivity contribution in [3.8, 4) is 16.9 Å². The van der Waals surface area contributed by atoms with E-state index < -0.39 is 8.07 Å². The number of nitrogens with zero attached hydrogens (tertiary/aromatic N) is 2. The molecular formula is C40H41N2Si+. The van der Waals surface area contributed by atoms with Crippen LogP contribution in [0.2, 0.25) is 19.6 Å². The van der Waals surface area contributed by atoms with Crippen molar-refractivity contribution in [1.82, 2.24) is 4.57 Å². The largest absolute Gasteiger partial charge is 0.308 e. The van der Waals surface area contributed by atoms with E-state index in [0.29, 0.717) is 0 Å². The minimum atomic E-state index is -1.55. The van der Waals surface area contributed by atoms with Gasteiger partial charge in [0, 0.05) is 22.9 Å². The van der Waals surface area contributed by atoms with Crippen LogP contribution < -0.4 is 9.75 Å². The zero-order valence-electron chi connectivity index (χ0n) is 26.7. The van der Waals surface area contributed by atoms with E-state index in [4.69, 9.17) is 0 Å². The van der Waals surface area contributed by atoms with Gasteiger partial charge in [-0.1, -0.05) is 112 Å². The maximum absolute atomic E-state index is 2.51. The lowest BCUT2D eigenvalue weighted by atomic mass is 9.80. The molecule has 0 spiro atoms. The smallest absolute Gasteiger partial charge is 0.215 e. The molecule has 0 atom stereocenters. The van der Waals surface area contributed by atoms with E-state index >= 15 is 0 Å².